The number of hydrogen-bond donors (Lipinski definition) is 10. The van der Waals surface area contributed by atoms with E-state index in [1.165, 1.54) is 12.8 Å². The van der Waals surface area contributed by atoms with E-state index in [1.54, 1.807) is 0 Å². The minimum atomic E-state index is -4.14. The Balaban J connectivity index is 5.15. The van der Waals surface area contributed by atoms with Gasteiger partial charge in [-0.1, -0.05) is 79.1 Å². The first-order valence-electron chi connectivity index (χ1n) is 22.3. The second-order valence-electron chi connectivity index (χ2n) is 16.4. The maximum absolute atomic E-state index is 10.9. The molecule has 16 nitrogen and oxygen atoms in total. The van der Waals surface area contributed by atoms with Gasteiger partial charge in [0.1, 0.15) is 0 Å². The first-order valence-corrected chi connectivity index (χ1v) is 26.4. The molecule has 0 aliphatic carbocycles. The summed E-state index contributed by atoms with van der Waals surface area (Å²) in [6, 6.07) is -0.309. The maximum atomic E-state index is 10.9. The Morgan fingerprint density at radius 1 is 0.414 bits per heavy atom. The number of nitrogens with zero attached hydrogens (tertiary/aromatic N) is 2. The van der Waals surface area contributed by atoms with Crippen molar-refractivity contribution in [3.05, 3.63) is 0 Å². The Hall–Kier alpha value is -0.206. The van der Waals surface area contributed by atoms with E-state index in [0.717, 1.165) is 64.2 Å². The molecule has 0 amide bonds. The highest BCUT2D eigenvalue weighted by atomic mass is 28.4. The van der Waals surface area contributed by atoms with E-state index >= 15 is 0 Å². The van der Waals surface area contributed by atoms with Crippen molar-refractivity contribution >= 4 is 17.6 Å². The predicted molar refractivity (Wildman–Crippen MR) is 229 cm³/mol. The van der Waals surface area contributed by atoms with Gasteiger partial charge in [0.25, 0.3) is 0 Å². The van der Waals surface area contributed by atoms with Crippen LogP contribution in [0.5, 0.6) is 0 Å². The Bertz CT molecular complexity index is 847. The molecule has 18 heteroatoms. The molecule has 0 aromatic rings. The van der Waals surface area contributed by atoms with Crippen molar-refractivity contribution in [3.63, 3.8) is 0 Å². The van der Waals surface area contributed by atoms with Crippen LogP contribution in [0.4, 0.5) is 0 Å². The molecule has 10 N–H and O–H groups in total. The van der Waals surface area contributed by atoms with Gasteiger partial charge in [-0.05, 0) is 63.5 Å². The normalized spacial score (nSPS) is 15.9. The highest BCUT2D eigenvalue weighted by Gasteiger charge is 2.27. The number of unbranched alkanes of at least 4 members (excludes halogenated alkanes) is 5. The van der Waals surface area contributed by atoms with Crippen molar-refractivity contribution in [1.29, 1.82) is 0 Å². The summed E-state index contributed by atoms with van der Waals surface area (Å²) >= 11 is 0. The second kappa shape index (κ2) is 36.3. The molecule has 0 radical (unpaired) electrons. The maximum Gasteiger partial charge on any atom is 0.492 e. The first-order chi connectivity index (χ1) is 27.5. The molecule has 0 saturated heterocycles. The van der Waals surface area contributed by atoms with E-state index in [4.69, 9.17) is 18.9 Å². The summed E-state index contributed by atoms with van der Waals surface area (Å²) in [7, 11) is -8.28. The van der Waals surface area contributed by atoms with Gasteiger partial charge in [0.15, 0.2) is 0 Å². The molecule has 0 heterocycles. The van der Waals surface area contributed by atoms with Gasteiger partial charge >= 0.3 is 17.6 Å². The van der Waals surface area contributed by atoms with Crippen molar-refractivity contribution in [2.45, 2.75) is 154 Å². The van der Waals surface area contributed by atoms with Gasteiger partial charge in [-0.25, -0.2) is 0 Å². The molecule has 6 unspecified atom stereocenters. The Morgan fingerprint density at radius 3 is 1.03 bits per heavy atom. The molecule has 58 heavy (non-hydrogen) atoms. The fraction of sp³-hybridized carbons (Fsp3) is 1.00. The standard InChI is InChI=1S/C40H88N2O14Si2/c1-5-9-17-35(7-3)29-55-33-39(45)27-42(28-40(46)34-56-30-36(8-4)18-10-6-2)20-14-12-11-13-19-41(25-37(43)31-53-21-15-23-57(47,48)49)26-38(44)32-54-22-16-24-58(50,51)52/h35-40,43-52H,5-34H2,1-4H3. The highest BCUT2D eigenvalue weighted by molar-refractivity contribution is 6.56. The minimum absolute atomic E-state index is 0.00520. The molecule has 0 rings (SSSR count). The number of rotatable bonds is 43. The highest BCUT2D eigenvalue weighted by Crippen LogP contribution is 2.15. The molecule has 0 spiro atoms. The molecule has 350 valence electrons. The van der Waals surface area contributed by atoms with Crippen LogP contribution < -0.4 is 0 Å². The quantitative estimate of drug-likeness (QED) is 0.0310. The average Bonchev–Trinajstić information content (AvgIpc) is 3.14. The SMILES string of the molecule is CCCCC(CC)COCC(O)CN(CCCCCCN(CC(O)COCCC[Si](O)(O)O)CC(O)COCCC[Si](O)(O)O)CC(O)COCC(CC)CCCC. The monoisotopic (exact) mass is 877 g/mol. The summed E-state index contributed by atoms with van der Waals surface area (Å²) in [6.45, 7) is 13.2. The molecule has 6 atom stereocenters. The Morgan fingerprint density at radius 2 is 0.741 bits per heavy atom. The van der Waals surface area contributed by atoms with Crippen LogP contribution in [-0.4, -0.2) is 193 Å². The smallest absolute Gasteiger partial charge is 0.390 e. The van der Waals surface area contributed by atoms with Crippen molar-refractivity contribution in [2.24, 2.45) is 11.8 Å². The Kier molecular flexibility index (Phi) is 36.2. The van der Waals surface area contributed by atoms with Gasteiger partial charge in [0, 0.05) is 64.7 Å². The van der Waals surface area contributed by atoms with Crippen LogP contribution in [0, 0.1) is 11.8 Å². The second-order valence-corrected chi connectivity index (χ2v) is 20.5. The summed E-state index contributed by atoms with van der Waals surface area (Å²) in [5.41, 5.74) is 0. The third-order valence-electron chi connectivity index (χ3n) is 10.2. The largest absolute Gasteiger partial charge is 0.492 e. The van der Waals surface area contributed by atoms with Crippen molar-refractivity contribution in [2.75, 3.05) is 92.1 Å². The zero-order chi connectivity index (χ0) is 43.7. The van der Waals surface area contributed by atoms with E-state index in [0.29, 0.717) is 51.2 Å². The lowest BCUT2D eigenvalue weighted by Gasteiger charge is -2.28. The van der Waals surface area contributed by atoms with E-state index in [2.05, 4.69) is 32.6 Å². The summed E-state index contributed by atoms with van der Waals surface area (Å²) in [5.74, 6) is 0.974. The van der Waals surface area contributed by atoms with Crippen molar-refractivity contribution in [3.8, 4) is 0 Å². The molecule has 0 aromatic heterocycles. The van der Waals surface area contributed by atoms with Crippen LogP contribution >= 0.6 is 0 Å². The van der Waals surface area contributed by atoms with Gasteiger partial charge < -0.3 is 68.1 Å². The molecule has 0 saturated carbocycles. The molecule has 0 aliphatic heterocycles. The van der Waals surface area contributed by atoms with Crippen LogP contribution in [0.1, 0.15) is 118 Å². The molecular weight excluding hydrogens is 789 g/mol. The third kappa shape index (κ3) is 37.5. The molecule has 0 aromatic carbocycles. The minimum Gasteiger partial charge on any atom is -0.390 e. The first kappa shape index (κ1) is 57.8. The lowest BCUT2D eigenvalue weighted by atomic mass is 10.0. The lowest BCUT2D eigenvalue weighted by Crippen LogP contribution is -2.42. The summed E-state index contributed by atoms with van der Waals surface area (Å²) in [4.78, 5) is 59.1. The molecule has 0 aliphatic rings. The fourth-order valence-corrected chi connectivity index (χ4v) is 7.98. The van der Waals surface area contributed by atoms with E-state index in [-0.39, 0.29) is 77.7 Å². The summed E-state index contributed by atoms with van der Waals surface area (Å²) in [5, 5.41) is 43.2. The third-order valence-corrected chi connectivity index (χ3v) is 12.3. The van der Waals surface area contributed by atoms with Gasteiger partial charge in [0.05, 0.1) is 50.8 Å². The Labute approximate surface area is 352 Å². The van der Waals surface area contributed by atoms with Crippen LogP contribution in [0.3, 0.4) is 0 Å². The topological polar surface area (TPSA) is 246 Å². The number of hydrogen-bond acceptors (Lipinski definition) is 16. The van der Waals surface area contributed by atoms with Crippen LogP contribution in [-0.2, 0) is 18.9 Å². The van der Waals surface area contributed by atoms with Crippen LogP contribution in [0.25, 0.3) is 0 Å². The van der Waals surface area contributed by atoms with E-state index < -0.39 is 42.0 Å². The molecule has 0 bridgehead atoms. The zero-order valence-corrected chi connectivity index (χ0v) is 38.7. The van der Waals surface area contributed by atoms with Gasteiger partial charge in [-0.15, -0.1) is 0 Å². The van der Waals surface area contributed by atoms with Crippen LogP contribution in [0.2, 0.25) is 12.1 Å². The zero-order valence-electron chi connectivity index (χ0n) is 36.7. The summed E-state index contributed by atoms with van der Waals surface area (Å²) in [6.07, 6.45) is 9.73. The fourth-order valence-electron chi connectivity index (χ4n) is 6.74. The van der Waals surface area contributed by atoms with Crippen molar-refractivity contribution in [1.82, 2.24) is 9.80 Å². The van der Waals surface area contributed by atoms with E-state index in [9.17, 15) is 49.2 Å². The lowest BCUT2D eigenvalue weighted by molar-refractivity contribution is -0.0208. The predicted octanol–water partition coefficient (Wildman–Crippen LogP) is 1.71. The number of aliphatic hydroxyl groups is 4. The number of ether oxygens (including phenoxy) is 4. The molecule has 0 fully saturated rings. The van der Waals surface area contributed by atoms with Gasteiger partial charge in [-0.3, -0.25) is 9.80 Å². The molecular formula is C40H88N2O14Si2. The van der Waals surface area contributed by atoms with Crippen LogP contribution in [0.15, 0.2) is 0 Å². The summed E-state index contributed by atoms with van der Waals surface area (Å²) < 4.78 is 22.8. The van der Waals surface area contributed by atoms with E-state index in [1.807, 2.05) is 4.90 Å². The number of aliphatic hydroxyl groups excluding tert-OH is 4. The van der Waals surface area contributed by atoms with Gasteiger partial charge in [0.2, 0.25) is 0 Å². The van der Waals surface area contributed by atoms with Crippen molar-refractivity contribution < 1.29 is 68.1 Å². The van der Waals surface area contributed by atoms with Gasteiger partial charge in [-0.2, -0.15) is 0 Å². The average molecular weight is 877 g/mol.